The number of hydrogen-bond acceptors (Lipinski definition) is 6. The summed E-state index contributed by atoms with van der Waals surface area (Å²) in [6, 6.07) is 0.754. The standard InChI is InChI=1S/C24H34F2N6O3.2H2/c1-15(22(33)30-20(27)6-7-21(28)35-14-16-4-5-16)32-9-8-24(25,26)19(13-32)17-10-18(12-31(2)3)23(34)29-11-17;;/h6-7,10-11,15-16,19,28H,4-5,8-9,12-14H2,1-3H3,(H,29,34)(H2,27,30,33);2*1H/b7-6-,28-21?;;/t15-,19+;;/m0../s1. The molecule has 9 nitrogen and oxygen atoms in total. The third kappa shape index (κ3) is 7.53. The highest BCUT2D eigenvalue weighted by atomic mass is 19.3. The molecule has 11 heteroatoms. The van der Waals surface area contributed by atoms with Gasteiger partial charge in [0, 0.05) is 46.7 Å². The minimum absolute atomic E-state index is 0. The number of pyridine rings is 1. The normalized spacial score (nSPS) is 21.9. The van der Waals surface area contributed by atoms with E-state index < -0.39 is 30.2 Å². The van der Waals surface area contributed by atoms with Crippen LogP contribution in [-0.4, -0.2) is 78.2 Å². The second-order valence-corrected chi connectivity index (χ2v) is 9.59. The minimum Gasteiger partial charge on any atom is -0.478 e. The lowest BCUT2D eigenvalue weighted by Gasteiger charge is -2.40. The summed E-state index contributed by atoms with van der Waals surface area (Å²) in [7, 11) is 3.59. The number of aliphatic imine (C=N–C) groups is 1. The number of alkyl halides is 2. The number of nitrogens with zero attached hydrogens (tertiary/aromatic N) is 3. The molecule has 35 heavy (non-hydrogen) atoms. The molecule has 0 radical (unpaired) electrons. The van der Waals surface area contributed by atoms with Crippen LogP contribution in [0.2, 0.25) is 0 Å². The number of halogens is 2. The van der Waals surface area contributed by atoms with E-state index in [1.54, 1.807) is 30.8 Å². The third-order valence-corrected chi connectivity index (χ3v) is 6.27. The Balaban J connectivity index is 0.00000342. The van der Waals surface area contributed by atoms with Gasteiger partial charge >= 0.3 is 0 Å². The third-order valence-electron chi connectivity index (χ3n) is 6.27. The van der Waals surface area contributed by atoms with Gasteiger partial charge in [-0.05, 0) is 57.5 Å². The van der Waals surface area contributed by atoms with Crippen molar-refractivity contribution in [1.29, 1.82) is 5.41 Å². The second kappa shape index (κ2) is 11.2. The molecule has 0 unspecified atom stereocenters. The number of piperidine rings is 1. The van der Waals surface area contributed by atoms with Crippen LogP contribution in [-0.2, 0) is 16.1 Å². The van der Waals surface area contributed by atoms with E-state index in [1.165, 1.54) is 24.4 Å². The topological polar surface area (TPSA) is 128 Å². The molecule has 3 rings (SSSR count). The van der Waals surface area contributed by atoms with E-state index in [2.05, 4.69) is 9.98 Å². The van der Waals surface area contributed by atoms with Gasteiger partial charge in [-0.25, -0.2) is 8.78 Å². The predicted octanol–water partition coefficient (Wildman–Crippen LogP) is 2.59. The van der Waals surface area contributed by atoms with Crippen LogP contribution in [0.15, 0.2) is 34.2 Å². The smallest absolute Gasteiger partial charge is 0.264 e. The van der Waals surface area contributed by atoms with Gasteiger partial charge in [-0.2, -0.15) is 4.99 Å². The zero-order chi connectivity index (χ0) is 25.8. The van der Waals surface area contributed by atoms with Gasteiger partial charge in [0.2, 0.25) is 5.90 Å². The molecular weight excluding hydrogens is 458 g/mol. The number of aromatic amines is 1. The molecule has 1 amide bonds. The molecule has 0 spiro atoms. The number of amidine groups is 1. The fraction of sp³-hybridized carbons (Fsp3) is 0.583. The summed E-state index contributed by atoms with van der Waals surface area (Å²) in [6.45, 7) is 2.37. The Morgan fingerprint density at radius 2 is 2.17 bits per heavy atom. The van der Waals surface area contributed by atoms with Crippen LogP contribution in [0.5, 0.6) is 0 Å². The Hall–Kier alpha value is -2.92. The molecule has 4 N–H and O–H groups in total. The van der Waals surface area contributed by atoms with E-state index in [1.807, 2.05) is 0 Å². The van der Waals surface area contributed by atoms with Gasteiger partial charge in [0.1, 0.15) is 5.84 Å². The SMILES string of the molecule is C[C@@H](C(=O)N=C(N)/C=C\C(=N)OCC1CC1)N1CCC(F)(F)[C@@H](c2c[nH]c(=O)c(CN(C)C)c2)C1.[HH].[HH]. The van der Waals surface area contributed by atoms with Crippen LogP contribution in [0.3, 0.4) is 0 Å². The highest BCUT2D eigenvalue weighted by Gasteiger charge is 2.46. The Bertz CT molecular complexity index is 1060. The van der Waals surface area contributed by atoms with Crippen LogP contribution in [0, 0.1) is 11.3 Å². The predicted molar refractivity (Wildman–Crippen MR) is 134 cm³/mol. The van der Waals surface area contributed by atoms with E-state index in [9.17, 15) is 18.4 Å². The van der Waals surface area contributed by atoms with E-state index in [0.29, 0.717) is 30.2 Å². The maximum Gasteiger partial charge on any atom is 0.264 e. The van der Waals surface area contributed by atoms with Crippen LogP contribution < -0.4 is 11.3 Å². The van der Waals surface area contributed by atoms with Gasteiger partial charge in [0.25, 0.3) is 17.4 Å². The molecule has 1 aromatic heterocycles. The highest BCUT2D eigenvalue weighted by Crippen LogP contribution is 2.40. The first-order valence-corrected chi connectivity index (χ1v) is 11.7. The number of likely N-dealkylation sites (tertiary alicyclic amines) is 1. The van der Waals surface area contributed by atoms with Crippen molar-refractivity contribution in [3.8, 4) is 0 Å². The molecule has 0 aromatic carbocycles. The average Bonchev–Trinajstić information content (AvgIpc) is 3.61. The van der Waals surface area contributed by atoms with Gasteiger partial charge in [-0.15, -0.1) is 0 Å². The number of ether oxygens (including phenoxy) is 1. The van der Waals surface area contributed by atoms with E-state index >= 15 is 0 Å². The van der Waals surface area contributed by atoms with Gasteiger partial charge in [0.05, 0.1) is 18.6 Å². The lowest BCUT2D eigenvalue weighted by molar-refractivity contribution is -0.127. The minimum atomic E-state index is -2.99. The van der Waals surface area contributed by atoms with Crippen molar-refractivity contribution in [1.82, 2.24) is 14.8 Å². The lowest BCUT2D eigenvalue weighted by atomic mass is 9.86. The molecule has 1 aliphatic carbocycles. The molecule has 1 aromatic rings. The molecular formula is C24H38F2N6O3. The van der Waals surface area contributed by atoms with Crippen molar-refractivity contribution in [3.05, 3.63) is 45.9 Å². The zero-order valence-corrected chi connectivity index (χ0v) is 20.4. The number of carbonyl (C=O) groups is 1. The molecule has 2 atom stereocenters. The number of nitrogens with one attached hydrogen (secondary N) is 2. The molecule has 1 saturated carbocycles. The average molecular weight is 497 g/mol. The quantitative estimate of drug-likeness (QED) is 0.356. The lowest BCUT2D eigenvalue weighted by Crippen LogP contribution is -2.51. The summed E-state index contributed by atoms with van der Waals surface area (Å²) >= 11 is 0. The largest absolute Gasteiger partial charge is 0.478 e. The van der Waals surface area contributed by atoms with Crippen molar-refractivity contribution in [2.75, 3.05) is 33.8 Å². The number of aromatic nitrogens is 1. The molecule has 2 fully saturated rings. The van der Waals surface area contributed by atoms with E-state index in [0.717, 1.165) is 12.8 Å². The van der Waals surface area contributed by atoms with Crippen molar-refractivity contribution < 1.29 is 21.2 Å². The fourth-order valence-electron chi connectivity index (χ4n) is 3.95. The van der Waals surface area contributed by atoms with Crippen molar-refractivity contribution in [2.24, 2.45) is 16.6 Å². The van der Waals surface area contributed by atoms with E-state index in [4.69, 9.17) is 15.9 Å². The highest BCUT2D eigenvalue weighted by molar-refractivity contribution is 6.04. The van der Waals surface area contributed by atoms with Gasteiger partial charge < -0.3 is 20.4 Å². The van der Waals surface area contributed by atoms with Gasteiger partial charge in [-0.1, -0.05) is 0 Å². The number of amides is 1. The number of nitrogens with two attached hydrogens (primary N) is 1. The maximum absolute atomic E-state index is 14.9. The number of hydrogen-bond donors (Lipinski definition) is 3. The fourth-order valence-corrected chi connectivity index (χ4v) is 3.95. The Labute approximate surface area is 206 Å². The Morgan fingerprint density at radius 3 is 2.83 bits per heavy atom. The summed E-state index contributed by atoms with van der Waals surface area (Å²) in [5, 5.41) is 7.73. The Morgan fingerprint density at radius 1 is 1.46 bits per heavy atom. The first-order valence-electron chi connectivity index (χ1n) is 11.7. The summed E-state index contributed by atoms with van der Waals surface area (Å²) in [5.74, 6) is -4.38. The molecule has 1 saturated heterocycles. The van der Waals surface area contributed by atoms with Gasteiger partial charge in [-0.3, -0.25) is 19.9 Å². The number of H-pyrrole nitrogens is 1. The van der Waals surface area contributed by atoms with Crippen LogP contribution in [0.1, 0.15) is 46.1 Å². The van der Waals surface area contributed by atoms with Crippen LogP contribution in [0.4, 0.5) is 8.78 Å². The second-order valence-electron chi connectivity index (χ2n) is 9.59. The van der Waals surface area contributed by atoms with Crippen LogP contribution in [0.25, 0.3) is 0 Å². The summed E-state index contributed by atoms with van der Waals surface area (Å²) in [4.78, 5) is 34.7. The number of carbonyl (C=O) groups excluding carboxylic acids is 1. The summed E-state index contributed by atoms with van der Waals surface area (Å²) < 4.78 is 35.0. The molecule has 2 aliphatic rings. The molecule has 2 heterocycles. The van der Waals surface area contributed by atoms with Crippen LogP contribution >= 0.6 is 0 Å². The van der Waals surface area contributed by atoms with Crippen molar-refractivity contribution in [3.63, 3.8) is 0 Å². The van der Waals surface area contributed by atoms with Crippen molar-refractivity contribution >= 4 is 17.6 Å². The van der Waals surface area contributed by atoms with Crippen molar-refractivity contribution in [2.45, 2.75) is 50.6 Å². The monoisotopic (exact) mass is 496 g/mol. The Kier molecular flexibility index (Phi) is 8.55. The maximum atomic E-state index is 14.9. The summed E-state index contributed by atoms with van der Waals surface area (Å²) in [6.07, 6.45) is 5.77. The summed E-state index contributed by atoms with van der Waals surface area (Å²) in [5.41, 5.74) is 6.22. The number of rotatable bonds is 9. The molecule has 0 bridgehead atoms. The zero-order valence-electron chi connectivity index (χ0n) is 20.4. The molecule has 196 valence electrons. The first kappa shape index (κ1) is 26.7. The van der Waals surface area contributed by atoms with Gasteiger partial charge in [0.15, 0.2) is 0 Å². The van der Waals surface area contributed by atoms with E-state index in [-0.39, 0.29) is 33.2 Å². The molecule has 1 aliphatic heterocycles. The first-order chi connectivity index (χ1) is 16.5.